The maximum atomic E-state index is 11.1. The zero-order valence-corrected chi connectivity index (χ0v) is 11.6. The van der Waals surface area contributed by atoms with E-state index in [1.807, 2.05) is 12.1 Å². The molecular weight excluding hydrogens is 260 g/mol. The van der Waals surface area contributed by atoms with E-state index >= 15 is 0 Å². The molecule has 2 aromatic rings. The normalized spacial score (nSPS) is 10.8. The molecule has 0 amide bonds. The number of rotatable bonds is 6. The smallest absolute Gasteiger partial charge is 0.354 e. The van der Waals surface area contributed by atoms with Gasteiger partial charge in [-0.15, -0.1) is 11.3 Å². The summed E-state index contributed by atoms with van der Waals surface area (Å²) in [4.78, 5) is 18.6. The Bertz CT molecular complexity index is 540. The Hall–Kier alpha value is -1.72. The molecule has 0 atom stereocenters. The van der Waals surface area contributed by atoms with Crippen LogP contribution in [0.15, 0.2) is 35.8 Å². The summed E-state index contributed by atoms with van der Waals surface area (Å²) in [5, 5.41) is 11.2. The fourth-order valence-electron chi connectivity index (χ4n) is 1.90. The van der Waals surface area contributed by atoms with E-state index in [4.69, 9.17) is 5.11 Å². The molecule has 0 unspecified atom stereocenters. The first-order valence-corrected chi connectivity index (χ1v) is 7.00. The maximum Gasteiger partial charge on any atom is 0.354 e. The quantitative estimate of drug-likeness (QED) is 0.881. The molecule has 2 aromatic heterocycles. The van der Waals surface area contributed by atoms with Crippen LogP contribution in [0.5, 0.6) is 0 Å². The van der Waals surface area contributed by atoms with E-state index in [2.05, 4.69) is 28.3 Å². The highest BCUT2D eigenvalue weighted by Crippen LogP contribution is 2.15. The van der Waals surface area contributed by atoms with Crippen LogP contribution >= 0.6 is 11.3 Å². The van der Waals surface area contributed by atoms with E-state index in [-0.39, 0.29) is 5.69 Å². The largest absolute Gasteiger partial charge is 0.477 e. The first kappa shape index (κ1) is 13.7. The molecule has 0 bridgehead atoms. The first-order chi connectivity index (χ1) is 9.20. The molecule has 0 saturated heterocycles. The lowest BCUT2D eigenvalue weighted by molar-refractivity contribution is 0.0687. The number of carbonyl (C=O) groups is 1. The van der Waals surface area contributed by atoms with Crippen LogP contribution in [0.2, 0.25) is 0 Å². The fraction of sp³-hybridized carbons (Fsp3) is 0.286. The molecule has 0 fully saturated rings. The number of pyridine rings is 1. The van der Waals surface area contributed by atoms with Gasteiger partial charge in [-0.2, -0.15) is 0 Å². The maximum absolute atomic E-state index is 11.1. The van der Waals surface area contributed by atoms with Gasteiger partial charge in [-0.25, -0.2) is 9.78 Å². The van der Waals surface area contributed by atoms with Gasteiger partial charge in [0.25, 0.3) is 0 Å². The van der Waals surface area contributed by atoms with Gasteiger partial charge in [0.05, 0.1) is 0 Å². The molecule has 19 heavy (non-hydrogen) atoms. The standard InChI is InChI=1S/C14H16N2O2S/c1-2-16(10-12-6-4-8-19-12)9-11-5-3-7-15-13(11)14(17)18/h3-8H,2,9-10H2,1H3,(H,17,18). The molecule has 5 heteroatoms. The monoisotopic (exact) mass is 276 g/mol. The molecule has 4 nitrogen and oxygen atoms in total. The van der Waals surface area contributed by atoms with Crippen molar-refractivity contribution >= 4 is 17.3 Å². The van der Waals surface area contributed by atoms with Crippen molar-refractivity contribution < 1.29 is 9.90 Å². The zero-order valence-electron chi connectivity index (χ0n) is 10.7. The molecule has 1 N–H and O–H groups in total. The minimum Gasteiger partial charge on any atom is -0.477 e. The number of carboxylic acids is 1. The Morgan fingerprint density at radius 1 is 1.37 bits per heavy atom. The molecule has 0 aliphatic heterocycles. The van der Waals surface area contributed by atoms with Crippen LogP contribution in [0.25, 0.3) is 0 Å². The molecule has 0 aliphatic carbocycles. The van der Waals surface area contributed by atoms with Crippen molar-refractivity contribution in [3.05, 3.63) is 52.0 Å². The van der Waals surface area contributed by atoms with E-state index in [9.17, 15) is 4.79 Å². The topological polar surface area (TPSA) is 53.4 Å². The van der Waals surface area contributed by atoms with Crippen molar-refractivity contribution in [2.24, 2.45) is 0 Å². The van der Waals surface area contributed by atoms with Gasteiger partial charge < -0.3 is 5.11 Å². The van der Waals surface area contributed by atoms with Crippen molar-refractivity contribution in [3.8, 4) is 0 Å². The summed E-state index contributed by atoms with van der Waals surface area (Å²) in [7, 11) is 0. The SMILES string of the molecule is CCN(Cc1cccs1)Cc1cccnc1C(=O)O. The third kappa shape index (κ3) is 3.62. The van der Waals surface area contributed by atoms with Crippen LogP contribution in [0.1, 0.15) is 27.9 Å². The summed E-state index contributed by atoms with van der Waals surface area (Å²) in [5.41, 5.74) is 0.903. The van der Waals surface area contributed by atoms with Crippen LogP contribution in [0, 0.1) is 0 Å². The highest BCUT2D eigenvalue weighted by Gasteiger charge is 2.14. The Kier molecular flexibility index (Phi) is 4.65. The van der Waals surface area contributed by atoms with Crippen LogP contribution in [-0.2, 0) is 13.1 Å². The van der Waals surface area contributed by atoms with Crippen molar-refractivity contribution in [2.75, 3.05) is 6.54 Å². The molecule has 0 saturated carbocycles. The Morgan fingerprint density at radius 2 is 2.21 bits per heavy atom. The zero-order chi connectivity index (χ0) is 13.7. The summed E-state index contributed by atoms with van der Waals surface area (Å²) in [6.45, 7) is 4.38. The van der Waals surface area contributed by atoms with E-state index in [0.717, 1.165) is 18.7 Å². The lowest BCUT2D eigenvalue weighted by Gasteiger charge is -2.20. The minimum atomic E-state index is -0.970. The molecule has 0 aromatic carbocycles. The average Bonchev–Trinajstić information content (AvgIpc) is 2.91. The average molecular weight is 276 g/mol. The Labute approximate surface area is 116 Å². The second-order valence-corrected chi connectivity index (χ2v) is 5.23. The Balaban J connectivity index is 2.12. The van der Waals surface area contributed by atoms with Crippen molar-refractivity contribution in [3.63, 3.8) is 0 Å². The first-order valence-electron chi connectivity index (χ1n) is 6.12. The minimum absolute atomic E-state index is 0.145. The second-order valence-electron chi connectivity index (χ2n) is 4.20. The van der Waals surface area contributed by atoms with Crippen molar-refractivity contribution in [2.45, 2.75) is 20.0 Å². The van der Waals surface area contributed by atoms with Crippen LogP contribution < -0.4 is 0 Å². The molecule has 2 heterocycles. The molecular formula is C14H16N2O2S. The third-order valence-electron chi connectivity index (χ3n) is 2.89. The van der Waals surface area contributed by atoms with Crippen LogP contribution in [0.4, 0.5) is 0 Å². The molecule has 100 valence electrons. The number of carboxylic acid groups (broad SMARTS) is 1. The van der Waals surface area contributed by atoms with Gasteiger partial charge >= 0.3 is 5.97 Å². The molecule has 0 aliphatic rings. The highest BCUT2D eigenvalue weighted by atomic mass is 32.1. The molecule has 0 spiro atoms. The van der Waals surface area contributed by atoms with Gasteiger partial charge in [0.2, 0.25) is 0 Å². The fourth-order valence-corrected chi connectivity index (χ4v) is 2.65. The van der Waals surface area contributed by atoms with E-state index in [1.165, 1.54) is 11.1 Å². The van der Waals surface area contributed by atoms with Gasteiger partial charge in [-0.05, 0) is 29.6 Å². The number of aromatic nitrogens is 1. The van der Waals surface area contributed by atoms with Gasteiger partial charge in [0.1, 0.15) is 0 Å². The molecule has 0 radical (unpaired) electrons. The van der Waals surface area contributed by atoms with Gasteiger partial charge in [-0.3, -0.25) is 4.90 Å². The highest BCUT2D eigenvalue weighted by molar-refractivity contribution is 7.09. The lowest BCUT2D eigenvalue weighted by atomic mass is 10.1. The number of aromatic carboxylic acids is 1. The predicted molar refractivity (Wildman–Crippen MR) is 75.3 cm³/mol. The van der Waals surface area contributed by atoms with Gasteiger partial charge in [0, 0.05) is 24.2 Å². The van der Waals surface area contributed by atoms with Crippen molar-refractivity contribution in [1.29, 1.82) is 0 Å². The summed E-state index contributed by atoms with van der Waals surface area (Å²) in [6, 6.07) is 7.73. The Morgan fingerprint density at radius 3 is 2.84 bits per heavy atom. The number of thiophene rings is 1. The van der Waals surface area contributed by atoms with E-state index in [1.54, 1.807) is 17.4 Å². The summed E-state index contributed by atoms with van der Waals surface area (Å²) < 4.78 is 0. The van der Waals surface area contributed by atoms with E-state index < -0.39 is 5.97 Å². The lowest BCUT2D eigenvalue weighted by Crippen LogP contribution is -2.23. The number of hydrogen-bond acceptors (Lipinski definition) is 4. The summed E-state index contributed by atoms with van der Waals surface area (Å²) in [5.74, 6) is -0.970. The summed E-state index contributed by atoms with van der Waals surface area (Å²) in [6.07, 6.45) is 1.52. The number of hydrogen-bond donors (Lipinski definition) is 1. The number of nitrogens with zero attached hydrogens (tertiary/aromatic N) is 2. The van der Waals surface area contributed by atoms with Crippen LogP contribution in [0.3, 0.4) is 0 Å². The third-order valence-corrected chi connectivity index (χ3v) is 3.76. The van der Waals surface area contributed by atoms with E-state index in [0.29, 0.717) is 6.54 Å². The van der Waals surface area contributed by atoms with Gasteiger partial charge in [0.15, 0.2) is 5.69 Å². The van der Waals surface area contributed by atoms with Crippen LogP contribution in [-0.4, -0.2) is 27.5 Å². The predicted octanol–water partition coefficient (Wildman–Crippen LogP) is 2.86. The summed E-state index contributed by atoms with van der Waals surface area (Å²) >= 11 is 1.71. The second kappa shape index (κ2) is 6.45. The van der Waals surface area contributed by atoms with Crippen molar-refractivity contribution in [1.82, 2.24) is 9.88 Å². The molecule has 2 rings (SSSR count). The van der Waals surface area contributed by atoms with Gasteiger partial charge in [-0.1, -0.05) is 19.1 Å².